The first-order valence-electron chi connectivity index (χ1n) is 7.18. The first kappa shape index (κ1) is 14.1. The monoisotopic (exact) mass is 260 g/mol. The van der Waals surface area contributed by atoms with Crippen LogP contribution in [0.15, 0.2) is 24.3 Å². The Kier molecular flexibility index (Phi) is 4.59. The van der Waals surface area contributed by atoms with Crippen LogP contribution in [0.4, 0.5) is 0 Å². The lowest BCUT2D eigenvalue weighted by Gasteiger charge is -2.37. The van der Waals surface area contributed by atoms with Gasteiger partial charge in [-0.05, 0) is 43.9 Å². The van der Waals surface area contributed by atoms with Crippen molar-refractivity contribution in [3.05, 3.63) is 35.4 Å². The molecule has 1 fully saturated rings. The van der Waals surface area contributed by atoms with Gasteiger partial charge in [-0.1, -0.05) is 31.0 Å². The van der Waals surface area contributed by atoms with Crippen LogP contribution in [0.25, 0.3) is 0 Å². The second kappa shape index (κ2) is 6.20. The first-order valence-corrected chi connectivity index (χ1v) is 7.18. The van der Waals surface area contributed by atoms with Crippen LogP contribution < -0.4 is 5.73 Å². The maximum atomic E-state index is 12.6. The van der Waals surface area contributed by atoms with Gasteiger partial charge in [-0.25, -0.2) is 0 Å². The summed E-state index contributed by atoms with van der Waals surface area (Å²) in [4.78, 5) is 14.5. The highest BCUT2D eigenvalue weighted by Gasteiger charge is 2.30. The number of carbonyl (C=O) groups excluding carboxylic acids is 1. The van der Waals surface area contributed by atoms with Gasteiger partial charge in [0.15, 0.2) is 0 Å². The lowest BCUT2D eigenvalue weighted by atomic mass is 9.83. The van der Waals surface area contributed by atoms with E-state index in [0.717, 1.165) is 24.0 Å². The van der Waals surface area contributed by atoms with Crippen molar-refractivity contribution in [1.82, 2.24) is 4.90 Å². The van der Waals surface area contributed by atoms with Crippen LogP contribution in [0.5, 0.6) is 0 Å². The molecule has 0 aliphatic heterocycles. The van der Waals surface area contributed by atoms with Crippen molar-refractivity contribution < 1.29 is 4.79 Å². The Morgan fingerprint density at radius 1 is 1.32 bits per heavy atom. The average Bonchev–Trinajstić information content (AvgIpc) is 2.46. The molecule has 1 aliphatic rings. The summed E-state index contributed by atoms with van der Waals surface area (Å²) in [6, 6.07) is 8.09. The van der Waals surface area contributed by atoms with Crippen LogP contribution in [-0.4, -0.2) is 30.4 Å². The van der Waals surface area contributed by atoms with Gasteiger partial charge in [0.2, 0.25) is 0 Å². The van der Waals surface area contributed by atoms with E-state index in [-0.39, 0.29) is 5.91 Å². The molecule has 0 saturated heterocycles. The zero-order chi connectivity index (χ0) is 13.8. The van der Waals surface area contributed by atoms with Crippen LogP contribution in [-0.2, 0) is 0 Å². The van der Waals surface area contributed by atoms with Crippen molar-refractivity contribution >= 4 is 5.91 Å². The molecule has 1 saturated carbocycles. The fraction of sp³-hybridized carbons (Fsp3) is 0.562. The number of benzene rings is 1. The molecule has 3 nitrogen and oxygen atoms in total. The smallest absolute Gasteiger partial charge is 0.254 e. The van der Waals surface area contributed by atoms with Crippen molar-refractivity contribution in [2.75, 3.05) is 13.6 Å². The summed E-state index contributed by atoms with van der Waals surface area (Å²) in [5.41, 5.74) is 7.71. The van der Waals surface area contributed by atoms with Gasteiger partial charge in [-0.2, -0.15) is 0 Å². The Labute approximate surface area is 115 Å². The second-order valence-electron chi connectivity index (χ2n) is 5.58. The third kappa shape index (κ3) is 2.98. The Morgan fingerprint density at radius 3 is 2.68 bits per heavy atom. The molecule has 1 amide bonds. The highest BCUT2D eigenvalue weighted by Crippen LogP contribution is 2.28. The Bertz CT molecular complexity index is 444. The molecule has 3 heteroatoms. The molecule has 2 rings (SSSR count). The largest absolute Gasteiger partial charge is 0.338 e. The molecule has 1 aromatic rings. The molecule has 0 spiro atoms. The molecule has 0 heterocycles. The molecular weight excluding hydrogens is 236 g/mol. The standard InChI is InChI=1S/C16H24N2O/c1-12-7-3-5-9-14(12)16(19)18(2)15-10-6-4-8-13(15)11-17/h3,5,7,9,13,15H,4,6,8,10-11,17H2,1-2H3. The molecule has 19 heavy (non-hydrogen) atoms. The molecule has 1 aliphatic carbocycles. The van der Waals surface area contributed by atoms with Crippen LogP contribution >= 0.6 is 0 Å². The summed E-state index contributed by atoms with van der Waals surface area (Å²) in [7, 11) is 1.92. The molecule has 0 aromatic heterocycles. The third-order valence-electron chi connectivity index (χ3n) is 4.36. The van der Waals surface area contributed by atoms with E-state index in [2.05, 4.69) is 0 Å². The van der Waals surface area contributed by atoms with E-state index in [4.69, 9.17) is 5.73 Å². The normalized spacial score (nSPS) is 23.1. The van der Waals surface area contributed by atoms with Gasteiger partial charge < -0.3 is 10.6 Å². The minimum Gasteiger partial charge on any atom is -0.338 e. The van der Waals surface area contributed by atoms with Gasteiger partial charge in [0.25, 0.3) is 5.91 Å². The molecule has 2 N–H and O–H groups in total. The van der Waals surface area contributed by atoms with Gasteiger partial charge in [0.1, 0.15) is 0 Å². The Hall–Kier alpha value is -1.35. The summed E-state index contributed by atoms with van der Waals surface area (Å²) < 4.78 is 0. The van der Waals surface area contributed by atoms with Gasteiger partial charge in [-0.3, -0.25) is 4.79 Å². The van der Waals surface area contributed by atoms with Crippen molar-refractivity contribution in [2.24, 2.45) is 11.7 Å². The first-order chi connectivity index (χ1) is 9.15. The fourth-order valence-corrected chi connectivity index (χ4v) is 3.13. The molecule has 2 unspecified atom stereocenters. The molecule has 1 aromatic carbocycles. The fourth-order valence-electron chi connectivity index (χ4n) is 3.13. The van der Waals surface area contributed by atoms with Crippen LogP contribution in [0.2, 0.25) is 0 Å². The summed E-state index contributed by atoms with van der Waals surface area (Å²) in [5, 5.41) is 0. The van der Waals surface area contributed by atoms with Crippen LogP contribution in [0.1, 0.15) is 41.6 Å². The van der Waals surface area contributed by atoms with E-state index in [9.17, 15) is 4.79 Å². The lowest BCUT2D eigenvalue weighted by molar-refractivity contribution is 0.0619. The summed E-state index contributed by atoms with van der Waals surface area (Å²) >= 11 is 0. The Morgan fingerprint density at radius 2 is 2.00 bits per heavy atom. The highest BCUT2D eigenvalue weighted by molar-refractivity contribution is 5.95. The minimum absolute atomic E-state index is 0.128. The maximum Gasteiger partial charge on any atom is 0.254 e. The minimum atomic E-state index is 0.128. The quantitative estimate of drug-likeness (QED) is 0.908. The number of amides is 1. The van der Waals surface area contributed by atoms with Crippen LogP contribution in [0.3, 0.4) is 0 Å². The number of nitrogens with two attached hydrogens (primary N) is 1. The van der Waals surface area contributed by atoms with E-state index in [1.807, 2.05) is 43.1 Å². The number of hydrogen-bond acceptors (Lipinski definition) is 2. The Balaban J connectivity index is 2.16. The molecule has 104 valence electrons. The van der Waals surface area contributed by atoms with Gasteiger partial charge in [0, 0.05) is 18.7 Å². The van der Waals surface area contributed by atoms with E-state index in [1.54, 1.807) is 0 Å². The third-order valence-corrected chi connectivity index (χ3v) is 4.36. The molecule has 0 radical (unpaired) electrons. The van der Waals surface area contributed by atoms with Crippen molar-refractivity contribution in [3.63, 3.8) is 0 Å². The average molecular weight is 260 g/mol. The molecule has 2 atom stereocenters. The zero-order valence-electron chi connectivity index (χ0n) is 11.9. The van der Waals surface area contributed by atoms with Gasteiger partial charge >= 0.3 is 0 Å². The van der Waals surface area contributed by atoms with E-state index < -0.39 is 0 Å². The number of rotatable bonds is 3. The number of carbonyl (C=O) groups is 1. The van der Waals surface area contributed by atoms with Crippen LogP contribution in [0, 0.1) is 12.8 Å². The summed E-state index contributed by atoms with van der Waals surface area (Å²) in [6.45, 7) is 2.67. The molecule has 0 bridgehead atoms. The lowest BCUT2D eigenvalue weighted by Crippen LogP contribution is -2.46. The predicted octanol–water partition coefficient (Wildman–Crippen LogP) is 2.58. The summed E-state index contributed by atoms with van der Waals surface area (Å²) in [5.74, 6) is 0.579. The van der Waals surface area contributed by atoms with E-state index in [1.165, 1.54) is 12.8 Å². The van der Waals surface area contributed by atoms with Crippen molar-refractivity contribution in [3.8, 4) is 0 Å². The number of hydrogen-bond donors (Lipinski definition) is 1. The van der Waals surface area contributed by atoms with E-state index >= 15 is 0 Å². The van der Waals surface area contributed by atoms with Crippen molar-refractivity contribution in [2.45, 2.75) is 38.6 Å². The molecular formula is C16H24N2O. The van der Waals surface area contributed by atoms with E-state index in [0.29, 0.717) is 18.5 Å². The summed E-state index contributed by atoms with van der Waals surface area (Å²) in [6.07, 6.45) is 4.67. The number of nitrogens with zero attached hydrogens (tertiary/aromatic N) is 1. The number of aryl methyl sites for hydroxylation is 1. The maximum absolute atomic E-state index is 12.6. The van der Waals surface area contributed by atoms with Crippen molar-refractivity contribution in [1.29, 1.82) is 0 Å². The second-order valence-corrected chi connectivity index (χ2v) is 5.58. The topological polar surface area (TPSA) is 46.3 Å². The SMILES string of the molecule is Cc1ccccc1C(=O)N(C)C1CCCCC1CN. The van der Waals surface area contributed by atoms with Gasteiger partial charge in [0.05, 0.1) is 0 Å². The van der Waals surface area contributed by atoms with Gasteiger partial charge in [-0.15, -0.1) is 0 Å². The highest BCUT2D eigenvalue weighted by atomic mass is 16.2. The zero-order valence-corrected chi connectivity index (χ0v) is 11.9. The predicted molar refractivity (Wildman–Crippen MR) is 78.1 cm³/mol.